The van der Waals surface area contributed by atoms with Gasteiger partial charge in [-0.3, -0.25) is 4.79 Å². The molecule has 31 heavy (non-hydrogen) atoms. The van der Waals surface area contributed by atoms with E-state index in [1.165, 1.54) is 37.2 Å². The second-order valence-corrected chi connectivity index (χ2v) is 11.2. The summed E-state index contributed by atoms with van der Waals surface area (Å²) in [6.45, 7) is 6.60. The number of hydrogen-bond acceptors (Lipinski definition) is 6. The Morgan fingerprint density at radius 2 is 1.32 bits per heavy atom. The molecule has 1 aromatic rings. The third kappa shape index (κ3) is 5.10. The van der Waals surface area contributed by atoms with Crippen LogP contribution in [0.5, 0.6) is 0 Å². The van der Waals surface area contributed by atoms with Crippen LogP contribution >= 0.6 is 0 Å². The highest BCUT2D eigenvalue weighted by atomic mass is 32.2. The quantitative estimate of drug-likeness (QED) is 0.553. The van der Waals surface area contributed by atoms with Crippen LogP contribution in [0.3, 0.4) is 0 Å². The molecule has 1 aromatic carbocycles. The molecule has 0 N–H and O–H groups in total. The van der Waals surface area contributed by atoms with Crippen molar-refractivity contribution < 1.29 is 26.4 Å². The Morgan fingerprint density at radius 3 is 1.84 bits per heavy atom. The normalized spacial score (nSPS) is 19.9. The van der Waals surface area contributed by atoms with Gasteiger partial charge in [-0.1, -0.05) is 0 Å². The average molecular weight is 475 g/mol. The van der Waals surface area contributed by atoms with Crippen molar-refractivity contribution in [1.29, 1.82) is 0 Å². The second kappa shape index (κ2) is 9.92. The molecule has 0 spiro atoms. The molecule has 2 heterocycles. The highest BCUT2D eigenvalue weighted by Crippen LogP contribution is 2.21. The van der Waals surface area contributed by atoms with Crippen LogP contribution in [-0.4, -0.2) is 106 Å². The van der Waals surface area contributed by atoms with E-state index < -0.39 is 20.2 Å². The predicted octanol–water partition coefficient (Wildman–Crippen LogP) is 0.0519. The number of carbonyl (C=O) groups is 1. The minimum absolute atomic E-state index is 0.0754. The van der Waals surface area contributed by atoms with Gasteiger partial charge in [0.25, 0.3) is 16.1 Å². The molecule has 2 saturated heterocycles. The summed E-state index contributed by atoms with van der Waals surface area (Å²) < 4.78 is 60.8. The van der Waals surface area contributed by atoms with Gasteiger partial charge in [0.1, 0.15) is 0 Å². The van der Waals surface area contributed by atoms with E-state index in [4.69, 9.17) is 4.74 Å². The smallest absolute Gasteiger partial charge is 0.282 e. The molecule has 2 aliphatic rings. The van der Waals surface area contributed by atoms with E-state index in [1.807, 2.05) is 13.8 Å². The Kier molecular flexibility index (Phi) is 7.71. The minimum atomic E-state index is -3.78. The SMILES string of the molecule is CCN(CC)C(=O)c1ccc(S(=O)(=O)N2CCN(S(=O)(=O)N3CCOCC3)CC2)cc1. The van der Waals surface area contributed by atoms with Crippen LogP contribution in [0.25, 0.3) is 0 Å². The van der Waals surface area contributed by atoms with Crippen LogP contribution in [0.2, 0.25) is 0 Å². The summed E-state index contributed by atoms with van der Waals surface area (Å²) in [5.41, 5.74) is 0.434. The van der Waals surface area contributed by atoms with E-state index in [9.17, 15) is 21.6 Å². The molecule has 1 amide bonds. The average Bonchev–Trinajstić information content (AvgIpc) is 2.80. The second-order valence-electron chi connectivity index (χ2n) is 7.32. The molecular weight excluding hydrogens is 444 g/mol. The number of rotatable bonds is 7. The van der Waals surface area contributed by atoms with Crippen molar-refractivity contribution in [3.05, 3.63) is 29.8 Å². The lowest BCUT2D eigenvalue weighted by molar-refractivity contribution is 0.0694. The van der Waals surface area contributed by atoms with E-state index >= 15 is 0 Å². The molecule has 0 bridgehead atoms. The summed E-state index contributed by atoms with van der Waals surface area (Å²) in [6.07, 6.45) is 0. The lowest BCUT2D eigenvalue weighted by atomic mass is 10.2. The minimum Gasteiger partial charge on any atom is -0.379 e. The van der Waals surface area contributed by atoms with Gasteiger partial charge in [0.2, 0.25) is 10.0 Å². The molecule has 0 radical (unpaired) electrons. The van der Waals surface area contributed by atoms with Gasteiger partial charge >= 0.3 is 0 Å². The van der Waals surface area contributed by atoms with Crippen molar-refractivity contribution in [3.8, 4) is 0 Å². The number of ether oxygens (including phenoxy) is 1. The molecule has 12 heteroatoms. The molecule has 3 rings (SSSR count). The summed E-state index contributed by atoms with van der Waals surface area (Å²) in [7, 11) is -7.40. The van der Waals surface area contributed by atoms with Crippen molar-refractivity contribution in [2.24, 2.45) is 0 Å². The Labute approximate surface area is 184 Å². The number of piperazine rings is 1. The summed E-state index contributed by atoms with van der Waals surface area (Å²) in [6, 6.07) is 5.91. The highest BCUT2D eigenvalue weighted by molar-refractivity contribution is 7.89. The Bertz CT molecular complexity index is 963. The van der Waals surface area contributed by atoms with Crippen LogP contribution in [-0.2, 0) is 25.0 Å². The highest BCUT2D eigenvalue weighted by Gasteiger charge is 2.36. The summed E-state index contributed by atoms with van der Waals surface area (Å²) >= 11 is 0. The first kappa shape index (κ1) is 24.1. The zero-order valence-corrected chi connectivity index (χ0v) is 19.6. The van der Waals surface area contributed by atoms with Crippen LogP contribution in [0.4, 0.5) is 0 Å². The monoisotopic (exact) mass is 474 g/mol. The van der Waals surface area contributed by atoms with E-state index in [0.717, 1.165) is 0 Å². The zero-order valence-electron chi connectivity index (χ0n) is 17.9. The molecule has 2 fully saturated rings. The van der Waals surface area contributed by atoms with Crippen LogP contribution < -0.4 is 0 Å². The fraction of sp³-hybridized carbons (Fsp3) is 0.632. The maximum atomic E-state index is 13.0. The van der Waals surface area contributed by atoms with Crippen LogP contribution in [0.15, 0.2) is 29.2 Å². The fourth-order valence-electron chi connectivity index (χ4n) is 3.69. The van der Waals surface area contributed by atoms with Gasteiger partial charge in [-0.25, -0.2) is 8.42 Å². The van der Waals surface area contributed by atoms with Crippen LogP contribution in [0.1, 0.15) is 24.2 Å². The number of sulfonamides is 1. The topological polar surface area (TPSA) is 108 Å². The van der Waals surface area contributed by atoms with Gasteiger partial charge in [-0.15, -0.1) is 0 Å². The maximum Gasteiger partial charge on any atom is 0.282 e. The van der Waals surface area contributed by atoms with E-state index in [2.05, 4.69) is 0 Å². The number of carbonyl (C=O) groups excluding carboxylic acids is 1. The first-order chi connectivity index (χ1) is 14.7. The van der Waals surface area contributed by atoms with Gasteiger partial charge in [-0.2, -0.15) is 21.3 Å². The Balaban J connectivity index is 1.66. The largest absolute Gasteiger partial charge is 0.379 e. The van der Waals surface area contributed by atoms with Crippen molar-refractivity contribution in [1.82, 2.24) is 17.8 Å². The van der Waals surface area contributed by atoms with Gasteiger partial charge in [-0.05, 0) is 38.1 Å². The van der Waals surface area contributed by atoms with Crippen LogP contribution in [0, 0.1) is 0 Å². The molecule has 0 unspecified atom stereocenters. The van der Waals surface area contributed by atoms with Gasteiger partial charge in [0.15, 0.2) is 0 Å². The number of amides is 1. The first-order valence-corrected chi connectivity index (χ1v) is 13.3. The van der Waals surface area contributed by atoms with E-state index in [1.54, 1.807) is 4.90 Å². The van der Waals surface area contributed by atoms with E-state index in [-0.39, 0.29) is 37.0 Å². The molecular formula is C19H30N4O6S2. The third-order valence-electron chi connectivity index (χ3n) is 5.61. The van der Waals surface area contributed by atoms with Crippen molar-refractivity contribution >= 4 is 26.1 Å². The maximum absolute atomic E-state index is 13.0. The van der Waals surface area contributed by atoms with Crippen molar-refractivity contribution in [2.75, 3.05) is 65.6 Å². The molecule has 0 aromatic heterocycles. The summed E-state index contributed by atoms with van der Waals surface area (Å²) in [4.78, 5) is 14.2. The zero-order chi connectivity index (χ0) is 22.6. The third-order valence-corrected chi connectivity index (χ3v) is 9.56. The summed E-state index contributed by atoms with van der Waals surface area (Å²) in [5, 5.41) is 0. The standard InChI is InChI=1S/C19H30N4O6S2/c1-3-20(4-2)19(24)17-5-7-18(8-6-17)30(25,26)21-9-11-22(12-10-21)31(27,28)23-13-15-29-16-14-23/h5-8H,3-4,9-16H2,1-2H3. The molecule has 10 nitrogen and oxygen atoms in total. The predicted molar refractivity (Wildman–Crippen MR) is 115 cm³/mol. The number of morpholine rings is 1. The molecule has 0 aliphatic carbocycles. The summed E-state index contributed by atoms with van der Waals surface area (Å²) in [5.74, 6) is -0.143. The molecule has 0 atom stereocenters. The van der Waals surface area contributed by atoms with E-state index in [0.29, 0.717) is 45.0 Å². The van der Waals surface area contributed by atoms with Crippen molar-refractivity contribution in [3.63, 3.8) is 0 Å². The Hall–Kier alpha value is -1.57. The first-order valence-electron chi connectivity index (χ1n) is 10.4. The van der Waals surface area contributed by atoms with Crippen molar-refractivity contribution in [2.45, 2.75) is 18.7 Å². The van der Waals surface area contributed by atoms with Gasteiger partial charge < -0.3 is 9.64 Å². The number of benzene rings is 1. The molecule has 0 saturated carbocycles. The van der Waals surface area contributed by atoms with Gasteiger partial charge in [0.05, 0.1) is 18.1 Å². The Morgan fingerprint density at radius 1 is 0.839 bits per heavy atom. The molecule has 2 aliphatic heterocycles. The molecule has 174 valence electrons. The lowest BCUT2D eigenvalue weighted by Crippen LogP contribution is -2.55. The number of nitrogens with zero attached hydrogens (tertiary/aromatic N) is 4. The number of hydrogen-bond donors (Lipinski definition) is 0. The lowest BCUT2D eigenvalue weighted by Gasteiger charge is -2.37. The fourth-order valence-corrected chi connectivity index (χ4v) is 6.68. The van der Waals surface area contributed by atoms with Gasteiger partial charge in [0, 0.05) is 57.9 Å².